The summed E-state index contributed by atoms with van der Waals surface area (Å²) in [4.78, 5) is 10.2. The van der Waals surface area contributed by atoms with Crippen LogP contribution >= 0.6 is 0 Å². The highest BCUT2D eigenvalue weighted by Gasteiger charge is 2.24. The summed E-state index contributed by atoms with van der Waals surface area (Å²) in [5.74, 6) is 0.808. The number of epoxide rings is 1. The van der Waals surface area contributed by atoms with Crippen LogP contribution in [0.2, 0.25) is 0 Å². The van der Waals surface area contributed by atoms with E-state index in [4.69, 9.17) is 14.2 Å². The molecule has 1 aromatic carbocycles. The van der Waals surface area contributed by atoms with E-state index in [0.717, 1.165) is 0 Å². The topological polar surface area (TPSA) is 74.1 Å². The van der Waals surface area contributed by atoms with Crippen LogP contribution in [0.5, 0.6) is 11.5 Å². The molecule has 0 unspecified atom stereocenters. The van der Waals surface area contributed by atoms with E-state index in [1.165, 1.54) is 18.2 Å². The van der Waals surface area contributed by atoms with Crippen molar-refractivity contribution in [2.45, 2.75) is 6.10 Å². The quantitative estimate of drug-likeness (QED) is 0.320. The summed E-state index contributed by atoms with van der Waals surface area (Å²) < 4.78 is 15.9. The lowest BCUT2D eigenvalue weighted by molar-refractivity contribution is -0.385. The van der Waals surface area contributed by atoms with Crippen molar-refractivity contribution in [3.8, 4) is 11.5 Å². The van der Waals surface area contributed by atoms with Crippen LogP contribution < -0.4 is 9.47 Å². The van der Waals surface area contributed by atoms with Gasteiger partial charge in [-0.1, -0.05) is 12.7 Å². The fourth-order valence-corrected chi connectivity index (χ4v) is 1.34. The average molecular weight is 251 g/mol. The van der Waals surface area contributed by atoms with Gasteiger partial charge in [0.25, 0.3) is 5.69 Å². The third kappa shape index (κ3) is 3.21. The van der Waals surface area contributed by atoms with Crippen molar-refractivity contribution >= 4 is 5.69 Å². The van der Waals surface area contributed by atoms with E-state index in [-0.39, 0.29) is 18.4 Å². The van der Waals surface area contributed by atoms with Crippen molar-refractivity contribution in [3.05, 3.63) is 41.0 Å². The summed E-state index contributed by atoms with van der Waals surface area (Å²) in [6, 6.07) is 4.25. The van der Waals surface area contributed by atoms with Crippen LogP contribution in [-0.2, 0) is 4.74 Å². The zero-order valence-corrected chi connectivity index (χ0v) is 9.70. The third-order valence-electron chi connectivity index (χ3n) is 2.32. The van der Waals surface area contributed by atoms with Gasteiger partial charge in [-0.05, 0) is 6.07 Å². The van der Waals surface area contributed by atoms with E-state index in [1.54, 1.807) is 6.08 Å². The molecule has 0 spiro atoms. The minimum Gasteiger partial charge on any atom is -0.487 e. The molecule has 1 aliphatic heterocycles. The highest BCUT2D eigenvalue weighted by atomic mass is 16.6. The largest absolute Gasteiger partial charge is 0.487 e. The molecule has 6 nitrogen and oxygen atoms in total. The Morgan fingerprint density at radius 2 is 2.28 bits per heavy atom. The lowest BCUT2D eigenvalue weighted by atomic mass is 10.3. The van der Waals surface area contributed by atoms with Gasteiger partial charge >= 0.3 is 0 Å². The van der Waals surface area contributed by atoms with E-state index in [9.17, 15) is 10.1 Å². The molecule has 1 saturated heterocycles. The Hall–Kier alpha value is -2.08. The van der Waals surface area contributed by atoms with E-state index in [1.807, 2.05) is 0 Å². The van der Waals surface area contributed by atoms with Gasteiger partial charge < -0.3 is 14.2 Å². The molecule has 2 rings (SSSR count). The van der Waals surface area contributed by atoms with Crippen LogP contribution in [0.25, 0.3) is 0 Å². The minimum atomic E-state index is -0.478. The predicted octanol–water partition coefficient (Wildman–Crippen LogP) is 1.94. The van der Waals surface area contributed by atoms with Gasteiger partial charge in [0.2, 0.25) is 0 Å². The number of hydrogen-bond acceptors (Lipinski definition) is 5. The summed E-state index contributed by atoms with van der Waals surface area (Å²) in [6.07, 6.45) is 1.68. The SMILES string of the molecule is C=CCOc1cc([N+](=O)[O-])ccc1OC[C@H]1CO1. The summed E-state index contributed by atoms with van der Waals surface area (Å²) >= 11 is 0. The van der Waals surface area contributed by atoms with Crippen molar-refractivity contribution < 1.29 is 19.1 Å². The van der Waals surface area contributed by atoms with Gasteiger partial charge in [-0.3, -0.25) is 10.1 Å². The predicted molar refractivity (Wildman–Crippen MR) is 64.0 cm³/mol. The fraction of sp³-hybridized carbons (Fsp3) is 0.333. The van der Waals surface area contributed by atoms with Crippen LogP contribution in [0.15, 0.2) is 30.9 Å². The number of benzene rings is 1. The van der Waals surface area contributed by atoms with E-state index in [2.05, 4.69) is 6.58 Å². The lowest BCUT2D eigenvalue weighted by Gasteiger charge is -2.10. The van der Waals surface area contributed by atoms with E-state index < -0.39 is 4.92 Å². The normalized spacial score (nSPS) is 17.0. The maximum absolute atomic E-state index is 10.7. The number of nitro benzene ring substituents is 1. The molecule has 96 valence electrons. The van der Waals surface area contributed by atoms with Crippen LogP contribution in [0.1, 0.15) is 0 Å². The zero-order chi connectivity index (χ0) is 13.0. The van der Waals surface area contributed by atoms with Crippen LogP contribution in [0, 0.1) is 10.1 Å². The van der Waals surface area contributed by atoms with Crippen LogP contribution in [0.4, 0.5) is 5.69 Å². The Labute approximate surface area is 104 Å². The molecule has 1 heterocycles. The van der Waals surface area contributed by atoms with Gasteiger partial charge in [-0.25, -0.2) is 0 Å². The van der Waals surface area contributed by atoms with Crippen LogP contribution in [0.3, 0.4) is 0 Å². The molecule has 6 heteroatoms. The van der Waals surface area contributed by atoms with E-state index in [0.29, 0.717) is 24.7 Å². The standard InChI is InChI=1S/C12H13NO5/c1-2-5-16-12-6-9(13(14)15)3-4-11(12)18-8-10-7-17-10/h2-4,6,10H,1,5,7-8H2/t10-/m1/s1. The molecule has 0 N–H and O–H groups in total. The molecule has 0 saturated carbocycles. The summed E-state index contributed by atoms with van der Waals surface area (Å²) in [5, 5.41) is 10.7. The first kappa shape index (κ1) is 12.4. The van der Waals surface area contributed by atoms with Gasteiger partial charge in [-0.15, -0.1) is 0 Å². The molecule has 0 radical (unpaired) electrons. The van der Waals surface area contributed by atoms with Gasteiger partial charge in [-0.2, -0.15) is 0 Å². The first-order valence-corrected chi connectivity index (χ1v) is 5.47. The minimum absolute atomic E-state index is 0.0379. The van der Waals surface area contributed by atoms with Crippen molar-refractivity contribution in [1.29, 1.82) is 0 Å². The van der Waals surface area contributed by atoms with Gasteiger partial charge in [0, 0.05) is 6.07 Å². The van der Waals surface area contributed by atoms with Crippen molar-refractivity contribution in [1.82, 2.24) is 0 Å². The number of rotatable bonds is 7. The van der Waals surface area contributed by atoms with Gasteiger partial charge in [0.05, 0.1) is 17.6 Å². The number of ether oxygens (including phenoxy) is 3. The molecule has 18 heavy (non-hydrogen) atoms. The molecule has 1 fully saturated rings. The number of non-ortho nitro benzene ring substituents is 1. The van der Waals surface area contributed by atoms with Crippen molar-refractivity contribution in [2.75, 3.05) is 19.8 Å². The third-order valence-corrected chi connectivity index (χ3v) is 2.32. The molecule has 1 atom stereocenters. The number of nitro groups is 1. The Morgan fingerprint density at radius 3 is 2.89 bits per heavy atom. The summed E-state index contributed by atoms with van der Waals surface area (Å²) in [7, 11) is 0. The van der Waals surface area contributed by atoms with Crippen LogP contribution in [-0.4, -0.2) is 30.8 Å². The Balaban J connectivity index is 2.13. The summed E-state index contributed by atoms with van der Waals surface area (Å²) in [6.45, 7) is 4.90. The van der Waals surface area contributed by atoms with Gasteiger partial charge in [0.15, 0.2) is 11.5 Å². The van der Waals surface area contributed by atoms with Gasteiger partial charge in [0.1, 0.15) is 19.3 Å². The molecule has 0 bridgehead atoms. The smallest absolute Gasteiger partial charge is 0.273 e. The van der Waals surface area contributed by atoms with E-state index >= 15 is 0 Å². The monoisotopic (exact) mass is 251 g/mol. The lowest BCUT2D eigenvalue weighted by Crippen LogP contribution is -2.06. The van der Waals surface area contributed by atoms with Crippen molar-refractivity contribution in [3.63, 3.8) is 0 Å². The molecule has 0 aliphatic carbocycles. The Kier molecular flexibility index (Phi) is 3.78. The second kappa shape index (κ2) is 5.50. The maximum atomic E-state index is 10.7. The molecular weight excluding hydrogens is 238 g/mol. The second-order valence-electron chi connectivity index (χ2n) is 3.75. The molecular formula is C12H13NO5. The average Bonchev–Trinajstić information content (AvgIpc) is 3.18. The fourth-order valence-electron chi connectivity index (χ4n) is 1.34. The maximum Gasteiger partial charge on any atom is 0.273 e. The number of nitrogens with zero attached hydrogens (tertiary/aromatic N) is 1. The summed E-state index contributed by atoms with van der Waals surface area (Å²) in [5.41, 5.74) is -0.0379. The highest BCUT2D eigenvalue weighted by molar-refractivity contribution is 5.48. The number of hydrogen-bond donors (Lipinski definition) is 0. The molecule has 1 aliphatic rings. The first-order valence-electron chi connectivity index (χ1n) is 5.47. The Morgan fingerprint density at radius 1 is 1.50 bits per heavy atom. The van der Waals surface area contributed by atoms with Crippen molar-refractivity contribution in [2.24, 2.45) is 0 Å². The first-order chi connectivity index (χ1) is 8.70. The molecule has 0 aromatic heterocycles. The second-order valence-corrected chi connectivity index (χ2v) is 3.75. The zero-order valence-electron chi connectivity index (χ0n) is 9.70. The molecule has 1 aromatic rings. The Bertz CT molecular complexity index is 456. The highest BCUT2D eigenvalue weighted by Crippen LogP contribution is 2.32. The molecule has 0 amide bonds.